The van der Waals surface area contributed by atoms with E-state index in [9.17, 15) is 9.59 Å². The summed E-state index contributed by atoms with van der Waals surface area (Å²) >= 11 is 16.8. The number of carbonyl (C=O) groups is 2. The van der Waals surface area contributed by atoms with Gasteiger partial charge in [0.15, 0.2) is 0 Å². The fourth-order valence-electron chi connectivity index (χ4n) is 1.96. The van der Waals surface area contributed by atoms with E-state index in [1.54, 1.807) is 82.3 Å². The van der Waals surface area contributed by atoms with Gasteiger partial charge >= 0.3 is 11.9 Å². The summed E-state index contributed by atoms with van der Waals surface area (Å²) in [5.74, 6) is 1.80. The monoisotopic (exact) mass is 546 g/mol. The third-order valence-electron chi connectivity index (χ3n) is 3.27. The minimum Gasteiger partial charge on any atom is -0.469 e. The highest BCUT2D eigenvalue weighted by Crippen LogP contribution is 2.64. The summed E-state index contributed by atoms with van der Waals surface area (Å²) < 4.78 is 16.1. The molecule has 0 saturated carbocycles. The molecule has 0 aromatic heterocycles. The Labute approximate surface area is 207 Å². The van der Waals surface area contributed by atoms with Crippen molar-refractivity contribution in [2.45, 2.75) is 19.8 Å². The Morgan fingerprint density at radius 2 is 1.52 bits per heavy atom. The van der Waals surface area contributed by atoms with Crippen LogP contribution < -0.4 is 0 Å². The number of carbonyl (C=O) groups excluding carboxylic acids is 2. The molecular weight excluding hydrogens is 525 g/mol. The Morgan fingerprint density at radius 1 is 0.931 bits per heavy atom. The van der Waals surface area contributed by atoms with Crippen molar-refractivity contribution in [3.63, 3.8) is 0 Å². The molecule has 0 aromatic rings. The van der Waals surface area contributed by atoms with Gasteiger partial charge in [-0.2, -0.15) is 12.6 Å². The van der Waals surface area contributed by atoms with Crippen LogP contribution in [0, 0.1) is 0 Å². The molecular formula is C17H22O4S8. The molecule has 29 heavy (non-hydrogen) atoms. The first-order valence-corrected chi connectivity index (χ1v) is 15.7. The van der Waals surface area contributed by atoms with Gasteiger partial charge in [0.05, 0.1) is 47.7 Å². The van der Waals surface area contributed by atoms with Gasteiger partial charge < -0.3 is 9.47 Å². The molecule has 0 N–H and O–H groups in total. The minimum atomic E-state index is -0.181. The van der Waals surface area contributed by atoms with E-state index in [2.05, 4.69) is 18.9 Å². The molecule has 162 valence electrons. The van der Waals surface area contributed by atoms with Crippen molar-refractivity contribution in [2.75, 3.05) is 37.2 Å². The summed E-state index contributed by atoms with van der Waals surface area (Å²) in [6, 6.07) is 0. The zero-order chi connectivity index (χ0) is 21.2. The van der Waals surface area contributed by atoms with Gasteiger partial charge in [-0.25, -0.2) is 0 Å². The summed E-state index contributed by atoms with van der Waals surface area (Å²) in [5.41, 5.74) is 0. The van der Waals surface area contributed by atoms with Gasteiger partial charge in [-0.3, -0.25) is 9.59 Å². The molecule has 2 rings (SSSR count). The number of methoxy groups -OCH3 is 1. The third kappa shape index (κ3) is 8.43. The maximum Gasteiger partial charge on any atom is 0.306 e. The topological polar surface area (TPSA) is 52.6 Å². The van der Waals surface area contributed by atoms with Crippen LogP contribution in [0.4, 0.5) is 0 Å². The van der Waals surface area contributed by atoms with Crippen LogP contribution in [-0.4, -0.2) is 49.2 Å². The molecule has 0 fully saturated rings. The lowest BCUT2D eigenvalue weighted by molar-refractivity contribution is -0.142. The molecule has 0 radical (unpaired) electrons. The predicted octanol–water partition coefficient (Wildman–Crippen LogP) is 6.64. The highest BCUT2D eigenvalue weighted by Gasteiger charge is 2.30. The van der Waals surface area contributed by atoms with Crippen molar-refractivity contribution >= 4 is 107 Å². The summed E-state index contributed by atoms with van der Waals surface area (Å²) in [5, 5.41) is 0. The van der Waals surface area contributed by atoms with Crippen LogP contribution in [0.25, 0.3) is 0 Å². The number of ether oxygens (including phenoxy) is 2. The lowest BCUT2D eigenvalue weighted by atomic mass is 10.5. The van der Waals surface area contributed by atoms with Crippen molar-refractivity contribution < 1.29 is 19.1 Å². The van der Waals surface area contributed by atoms with E-state index in [4.69, 9.17) is 9.47 Å². The van der Waals surface area contributed by atoms with E-state index in [1.165, 1.54) is 33.2 Å². The van der Waals surface area contributed by atoms with Crippen LogP contribution in [0.2, 0.25) is 0 Å². The molecule has 0 aliphatic carbocycles. The largest absolute Gasteiger partial charge is 0.469 e. The quantitative estimate of drug-likeness (QED) is 0.224. The average molecular weight is 547 g/mol. The van der Waals surface area contributed by atoms with Crippen molar-refractivity contribution in [1.82, 2.24) is 0 Å². The lowest BCUT2D eigenvalue weighted by Crippen LogP contribution is -2.04. The molecule has 2 aliphatic rings. The van der Waals surface area contributed by atoms with E-state index in [1.807, 2.05) is 6.92 Å². The van der Waals surface area contributed by atoms with Crippen molar-refractivity contribution in [1.29, 1.82) is 0 Å². The minimum absolute atomic E-state index is 0.140. The number of rotatable bonds is 11. The molecule has 0 bridgehead atoms. The van der Waals surface area contributed by atoms with E-state index in [0.717, 1.165) is 5.75 Å². The Balaban J connectivity index is 1.93. The Bertz CT molecular complexity index is 716. The number of esters is 2. The first-order valence-electron chi connectivity index (χ1n) is 8.58. The molecule has 0 spiro atoms. The number of hydrogen-bond donors (Lipinski definition) is 1. The Kier molecular flexibility index (Phi) is 12.8. The van der Waals surface area contributed by atoms with E-state index >= 15 is 0 Å². The van der Waals surface area contributed by atoms with Crippen molar-refractivity contribution in [3.8, 4) is 0 Å². The second-order valence-corrected chi connectivity index (χ2v) is 14.0. The van der Waals surface area contributed by atoms with Gasteiger partial charge in [0, 0.05) is 22.2 Å². The standard InChI is InChI=1S/C17H22O4S8/c1-4-21-12(19)6-8-25-15-14(23-3)28-17(29-15)16-26-10(9-22)13(27-16)24-7-5-11(18)20-2/h22H,4-9H2,1-3H3/b17-16-. The number of thioether (sulfide) groups is 7. The first-order chi connectivity index (χ1) is 14.0. The van der Waals surface area contributed by atoms with Gasteiger partial charge in [-0.15, -0.1) is 35.3 Å². The normalized spacial score (nSPS) is 19.3. The van der Waals surface area contributed by atoms with Crippen LogP contribution in [0.3, 0.4) is 0 Å². The lowest BCUT2D eigenvalue weighted by Gasteiger charge is -2.04. The maximum atomic E-state index is 11.6. The zero-order valence-electron chi connectivity index (χ0n) is 16.2. The van der Waals surface area contributed by atoms with Gasteiger partial charge in [-0.1, -0.05) is 47.0 Å². The zero-order valence-corrected chi connectivity index (χ0v) is 22.8. The molecule has 12 heteroatoms. The van der Waals surface area contributed by atoms with Crippen LogP contribution >= 0.6 is 95.0 Å². The van der Waals surface area contributed by atoms with E-state index in [-0.39, 0.29) is 11.9 Å². The molecule has 0 unspecified atom stereocenters. The fraction of sp³-hybridized carbons (Fsp3) is 0.529. The SMILES string of the molecule is CCOC(=O)CCSC1=C(SC)S/C(=C2\SC(CS)=C(SCCC(=O)OC)S2)S1. The van der Waals surface area contributed by atoms with Crippen molar-refractivity contribution in [3.05, 3.63) is 26.1 Å². The van der Waals surface area contributed by atoms with Crippen LogP contribution in [-0.2, 0) is 19.1 Å². The highest BCUT2D eigenvalue weighted by molar-refractivity contribution is 8.43. The number of thiol groups is 1. The van der Waals surface area contributed by atoms with Gasteiger partial charge in [-0.05, 0) is 13.2 Å². The van der Waals surface area contributed by atoms with Gasteiger partial charge in [0.1, 0.15) is 0 Å². The highest BCUT2D eigenvalue weighted by atomic mass is 32.3. The summed E-state index contributed by atoms with van der Waals surface area (Å²) in [4.78, 5) is 24.2. The predicted molar refractivity (Wildman–Crippen MR) is 142 cm³/mol. The Hall–Kier alpha value is 0.960. The Morgan fingerprint density at radius 3 is 2.14 bits per heavy atom. The molecule has 2 aliphatic heterocycles. The van der Waals surface area contributed by atoms with E-state index in [0.29, 0.717) is 31.0 Å². The fourth-order valence-corrected chi connectivity index (χ4v) is 12.3. The van der Waals surface area contributed by atoms with Crippen LogP contribution in [0.1, 0.15) is 19.8 Å². The first kappa shape index (κ1) is 26.2. The van der Waals surface area contributed by atoms with Gasteiger partial charge in [0.2, 0.25) is 0 Å². The molecule has 0 saturated heterocycles. The molecule has 0 amide bonds. The number of hydrogen-bond acceptors (Lipinski definition) is 12. The molecule has 4 nitrogen and oxygen atoms in total. The smallest absolute Gasteiger partial charge is 0.306 e. The summed E-state index contributed by atoms with van der Waals surface area (Å²) in [6.07, 6.45) is 2.92. The molecule has 0 aromatic carbocycles. The van der Waals surface area contributed by atoms with E-state index < -0.39 is 0 Å². The second kappa shape index (κ2) is 14.2. The van der Waals surface area contributed by atoms with Crippen LogP contribution in [0.5, 0.6) is 0 Å². The molecule has 2 heterocycles. The van der Waals surface area contributed by atoms with Gasteiger partial charge in [0.25, 0.3) is 0 Å². The van der Waals surface area contributed by atoms with Crippen molar-refractivity contribution in [2.24, 2.45) is 0 Å². The second-order valence-electron chi connectivity index (χ2n) is 5.21. The third-order valence-corrected chi connectivity index (χ3v) is 13.8. The summed E-state index contributed by atoms with van der Waals surface area (Å²) in [7, 11) is 1.42. The average Bonchev–Trinajstić information content (AvgIpc) is 3.31. The van der Waals surface area contributed by atoms with Crippen LogP contribution in [0.15, 0.2) is 26.1 Å². The summed E-state index contributed by atoms with van der Waals surface area (Å²) in [6.45, 7) is 2.26. The maximum absolute atomic E-state index is 11.6. The molecule has 0 atom stereocenters.